The topological polar surface area (TPSA) is 121 Å². The third-order valence-electron chi connectivity index (χ3n) is 6.53. The second kappa shape index (κ2) is 9.23. The summed E-state index contributed by atoms with van der Waals surface area (Å²) < 4.78 is 1.23. The van der Waals surface area contributed by atoms with Crippen molar-refractivity contribution < 1.29 is 4.79 Å². The van der Waals surface area contributed by atoms with Crippen LogP contribution in [0.3, 0.4) is 0 Å². The average molecular weight is 543 g/mol. The van der Waals surface area contributed by atoms with Gasteiger partial charge in [-0.05, 0) is 49.2 Å². The molecule has 6 rings (SSSR count). The number of thiocarbonyl (C=S) groups is 1. The first kappa shape index (κ1) is 24.1. The molecule has 190 valence electrons. The zero-order chi connectivity index (χ0) is 26.6. The lowest BCUT2D eigenvalue weighted by Gasteiger charge is -2.36. The lowest BCUT2D eigenvalue weighted by Crippen LogP contribution is -2.45. The number of amidine groups is 1. The van der Waals surface area contributed by atoms with Gasteiger partial charge in [0.15, 0.2) is 16.1 Å². The summed E-state index contributed by atoms with van der Waals surface area (Å²) in [6.07, 6.45) is 0. The van der Waals surface area contributed by atoms with Crippen molar-refractivity contribution in [2.75, 3.05) is 10.4 Å². The molecule has 3 aliphatic rings. The zero-order valence-electron chi connectivity index (χ0n) is 20.4. The van der Waals surface area contributed by atoms with Crippen LogP contribution in [-0.4, -0.2) is 36.5 Å². The van der Waals surface area contributed by atoms with Crippen molar-refractivity contribution in [3.8, 4) is 0 Å². The van der Waals surface area contributed by atoms with E-state index < -0.39 is 12.0 Å². The molecule has 12 heteroatoms. The molecule has 0 aliphatic carbocycles. The van der Waals surface area contributed by atoms with Crippen molar-refractivity contribution >= 4 is 57.4 Å². The highest BCUT2D eigenvalue weighted by molar-refractivity contribution is 8.16. The molecule has 0 saturated heterocycles. The van der Waals surface area contributed by atoms with Crippen LogP contribution >= 0.6 is 24.0 Å². The van der Waals surface area contributed by atoms with Gasteiger partial charge in [0.05, 0.1) is 23.0 Å². The van der Waals surface area contributed by atoms with Crippen LogP contribution in [0.1, 0.15) is 29.9 Å². The number of aliphatic imine (C=N–C) groups is 1. The summed E-state index contributed by atoms with van der Waals surface area (Å²) in [5.41, 5.74) is 11.3. The molecule has 10 nitrogen and oxygen atoms in total. The number of aromatic nitrogens is 2. The number of thioether (sulfide) groups is 1. The van der Waals surface area contributed by atoms with Gasteiger partial charge in [-0.25, -0.2) is 14.7 Å². The number of rotatable bonds is 4. The molecule has 1 amide bonds. The largest absolute Gasteiger partial charge is 0.375 e. The molecule has 0 fully saturated rings. The Morgan fingerprint density at radius 1 is 1.05 bits per heavy atom. The number of hydrogen-bond donors (Lipinski definition) is 2. The first-order chi connectivity index (χ1) is 18.3. The van der Waals surface area contributed by atoms with Gasteiger partial charge in [-0.2, -0.15) is 10.1 Å². The van der Waals surface area contributed by atoms with E-state index in [1.165, 1.54) is 21.4 Å². The standard InChI is InChI=1S/C26H22N8O2S2/c1-14-19(23(35)34(30-14)17-11-7-4-8-12-17)18-13-38-26-29-22-20(21(32(18)26)16-9-5-3-6-10-16)24(36)33(15(2)28-22)31-25(27)37/h3-13,19,21H,1-2H3,(H3,27,31,37). The monoisotopic (exact) mass is 542 g/mol. The van der Waals surface area contributed by atoms with E-state index in [1.54, 1.807) is 6.92 Å². The molecule has 0 saturated carbocycles. The summed E-state index contributed by atoms with van der Waals surface area (Å²) in [5.74, 6) is -0.118. The van der Waals surface area contributed by atoms with E-state index in [-0.39, 0.29) is 16.6 Å². The van der Waals surface area contributed by atoms with Gasteiger partial charge in [0, 0.05) is 5.70 Å². The van der Waals surface area contributed by atoms with E-state index in [1.807, 2.05) is 77.9 Å². The number of nitrogens with one attached hydrogen (secondary N) is 1. The first-order valence-electron chi connectivity index (χ1n) is 11.8. The smallest absolute Gasteiger partial charge is 0.280 e. The fourth-order valence-corrected chi connectivity index (χ4v) is 5.94. The minimum Gasteiger partial charge on any atom is -0.375 e. The number of para-hydroxylation sites is 1. The number of aryl methyl sites for hydroxylation is 1. The number of hydrazone groups is 1. The molecule has 38 heavy (non-hydrogen) atoms. The lowest BCUT2D eigenvalue weighted by molar-refractivity contribution is -0.119. The lowest BCUT2D eigenvalue weighted by atomic mass is 9.93. The second-order valence-corrected chi connectivity index (χ2v) is 10.2. The summed E-state index contributed by atoms with van der Waals surface area (Å²) in [6.45, 7) is 3.52. The number of fused-ring (bicyclic) bond motifs is 2. The third-order valence-corrected chi connectivity index (χ3v) is 7.48. The van der Waals surface area contributed by atoms with Crippen LogP contribution in [0.25, 0.3) is 0 Å². The quantitative estimate of drug-likeness (QED) is 0.482. The van der Waals surface area contributed by atoms with Gasteiger partial charge >= 0.3 is 0 Å². The van der Waals surface area contributed by atoms with Crippen molar-refractivity contribution in [1.29, 1.82) is 0 Å². The summed E-state index contributed by atoms with van der Waals surface area (Å²) in [7, 11) is 0. The van der Waals surface area contributed by atoms with Crippen LogP contribution in [0.2, 0.25) is 0 Å². The van der Waals surface area contributed by atoms with Crippen LogP contribution in [0.15, 0.2) is 86.7 Å². The Morgan fingerprint density at radius 3 is 2.42 bits per heavy atom. The van der Waals surface area contributed by atoms with Crippen LogP contribution in [-0.2, 0) is 4.79 Å². The summed E-state index contributed by atoms with van der Waals surface area (Å²) in [5, 5.41) is 8.50. The third kappa shape index (κ3) is 3.80. The van der Waals surface area contributed by atoms with Gasteiger partial charge in [-0.1, -0.05) is 60.3 Å². The Bertz CT molecular complexity index is 1630. The second-order valence-electron chi connectivity index (χ2n) is 8.91. The van der Waals surface area contributed by atoms with Gasteiger partial charge < -0.3 is 10.6 Å². The molecule has 0 radical (unpaired) electrons. The van der Waals surface area contributed by atoms with Crippen molar-refractivity contribution in [3.05, 3.63) is 99.1 Å². The number of hydrogen-bond acceptors (Lipinski definition) is 8. The van der Waals surface area contributed by atoms with Crippen molar-refractivity contribution in [3.63, 3.8) is 0 Å². The van der Waals surface area contributed by atoms with E-state index in [2.05, 4.69) is 15.5 Å². The van der Waals surface area contributed by atoms with Crippen molar-refractivity contribution in [2.45, 2.75) is 19.9 Å². The number of nitrogens with zero attached hydrogens (tertiary/aromatic N) is 6. The van der Waals surface area contributed by atoms with Crippen LogP contribution in [0.4, 0.5) is 11.5 Å². The molecular weight excluding hydrogens is 520 g/mol. The maximum atomic E-state index is 13.9. The van der Waals surface area contributed by atoms with Crippen LogP contribution in [0, 0.1) is 12.8 Å². The summed E-state index contributed by atoms with van der Waals surface area (Å²) in [4.78, 5) is 38.9. The van der Waals surface area contributed by atoms with E-state index in [4.69, 9.17) is 22.9 Å². The fraction of sp³-hybridized carbons (Fsp3) is 0.154. The highest BCUT2D eigenvalue weighted by Crippen LogP contribution is 2.47. The Balaban J connectivity index is 1.49. The number of anilines is 1. The summed E-state index contributed by atoms with van der Waals surface area (Å²) >= 11 is 6.39. The van der Waals surface area contributed by atoms with Gasteiger partial charge in [-0.15, -0.1) is 0 Å². The Hall–Kier alpha value is -4.29. The molecule has 1 aromatic heterocycles. The molecule has 2 atom stereocenters. The minimum atomic E-state index is -0.640. The molecular formula is C26H22N8O2S2. The van der Waals surface area contributed by atoms with Crippen molar-refractivity contribution in [1.82, 2.24) is 14.6 Å². The molecule has 0 spiro atoms. The molecule has 2 unspecified atom stereocenters. The Morgan fingerprint density at radius 2 is 1.74 bits per heavy atom. The number of benzene rings is 2. The predicted octanol–water partition coefficient (Wildman–Crippen LogP) is 3.36. The Labute approximate surface area is 227 Å². The predicted molar refractivity (Wildman–Crippen MR) is 153 cm³/mol. The van der Waals surface area contributed by atoms with Crippen LogP contribution in [0.5, 0.6) is 0 Å². The van der Waals surface area contributed by atoms with E-state index in [0.29, 0.717) is 39.5 Å². The van der Waals surface area contributed by atoms with E-state index >= 15 is 0 Å². The zero-order valence-corrected chi connectivity index (χ0v) is 22.0. The molecule has 3 aromatic rings. The molecule has 3 aliphatic heterocycles. The van der Waals surface area contributed by atoms with E-state index in [0.717, 1.165) is 5.56 Å². The highest BCUT2D eigenvalue weighted by Gasteiger charge is 2.47. The molecule has 2 aromatic carbocycles. The number of nitrogens with two attached hydrogens (primary N) is 1. The SMILES string of the molecule is CC1=NN(c2ccccc2)C(=O)C1C1=CSC2=Nc3nc(C)n(NC(N)=S)c(=O)c3C(c3ccccc3)N12. The molecule has 3 N–H and O–H groups in total. The normalized spacial score (nSPS) is 19.9. The average Bonchev–Trinajstić information content (AvgIpc) is 3.45. The molecule has 0 bridgehead atoms. The molecule has 4 heterocycles. The minimum absolute atomic E-state index is 0.0603. The van der Waals surface area contributed by atoms with Gasteiger partial charge in [-0.3, -0.25) is 15.0 Å². The number of carbonyl (C=O) groups excluding carboxylic acids is 1. The highest BCUT2D eigenvalue weighted by atomic mass is 32.2. The number of carbonyl (C=O) groups is 1. The maximum absolute atomic E-state index is 13.9. The van der Waals surface area contributed by atoms with Crippen molar-refractivity contribution in [2.24, 2.45) is 21.7 Å². The first-order valence-corrected chi connectivity index (χ1v) is 13.1. The van der Waals surface area contributed by atoms with E-state index in [9.17, 15) is 9.59 Å². The Kier molecular flexibility index (Phi) is 5.84. The maximum Gasteiger partial charge on any atom is 0.280 e. The van der Waals surface area contributed by atoms with Gasteiger partial charge in [0.1, 0.15) is 11.7 Å². The van der Waals surface area contributed by atoms with Crippen LogP contribution < -0.4 is 21.7 Å². The van der Waals surface area contributed by atoms with Gasteiger partial charge in [0.25, 0.3) is 11.5 Å². The van der Waals surface area contributed by atoms with Gasteiger partial charge in [0.2, 0.25) is 0 Å². The number of amides is 1. The fourth-order valence-electron chi connectivity index (χ4n) is 4.91. The summed E-state index contributed by atoms with van der Waals surface area (Å²) in [6, 6.07) is 18.3.